The first-order valence-corrected chi connectivity index (χ1v) is 9.18. The minimum atomic E-state index is -0.0481. The summed E-state index contributed by atoms with van der Waals surface area (Å²) in [5, 5.41) is 2.92. The van der Waals surface area contributed by atoms with Crippen LogP contribution >= 0.6 is 0 Å². The van der Waals surface area contributed by atoms with Crippen LogP contribution in [0.25, 0.3) is 0 Å². The standard InChI is InChI=1S/C22H28N2O3/c1-17-7-9-20(10-8-17)16-24(18(2)25)14-12-22(26)23-13-11-19-5-4-6-21(15-19)27-3/h4-10,15H,11-14,16H2,1-3H3,(H,23,26). The lowest BCUT2D eigenvalue weighted by molar-refractivity contribution is -0.130. The molecule has 5 heteroatoms. The van der Waals surface area contributed by atoms with Crippen LogP contribution in [0.4, 0.5) is 0 Å². The van der Waals surface area contributed by atoms with Crippen molar-refractivity contribution in [3.05, 3.63) is 65.2 Å². The number of ether oxygens (including phenoxy) is 1. The van der Waals surface area contributed by atoms with Crippen molar-refractivity contribution in [2.24, 2.45) is 0 Å². The summed E-state index contributed by atoms with van der Waals surface area (Å²) < 4.78 is 5.20. The van der Waals surface area contributed by atoms with Crippen LogP contribution in [0.5, 0.6) is 5.75 Å². The molecule has 0 heterocycles. The molecular formula is C22H28N2O3. The molecule has 0 aliphatic rings. The van der Waals surface area contributed by atoms with Crippen molar-refractivity contribution >= 4 is 11.8 Å². The van der Waals surface area contributed by atoms with E-state index in [9.17, 15) is 9.59 Å². The van der Waals surface area contributed by atoms with Gasteiger partial charge in [0.15, 0.2) is 0 Å². The van der Waals surface area contributed by atoms with E-state index in [1.807, 2.05) is 55.5 Å². The molecule has 0 unspecified atom stereocenters. The minimum Gasteiger partial charge on any atom is -0.497 e. The number of carbonyl (C=O) groups is 2. The Hall–Kier alpha value is -2.82. The Morgan fingerprint density at radius 3 is 2.48 bits per heavy atom. The van der Waals surface area contributed by atoms with E-state index in [4.69, 9.17) is 4.74 Å². The maximum atomic E-state index is 12.1. The zero-order chi connectivity index (χ0) is 19.6. The molecule has 144 valence electrons. The molecule has 27 heavy (non-hydrogen) atoms. The van der Waals surface area contributed by atoms with Gasteiger partial charge in [0.1, 0.15) is 5.75 Å². The average Bonchev–Trinajstić information content (AvgIpc) is 2.66. The molecule has 0 bridgehead atoms. The topological polar surface area (TPSA) is 58.6 Å². The van der Waals surface area contributed by atoms with E-state index in [1.54, 1.807) is 12.0 Å². The third-order valence-corrected chi connectivity index (χ3v) is 4.42. The van der Waals surface area contributed by atoms with Crippen molar-refractivity contribution in [3.63, 3.8) is 0 Å². The normalized spacial score (nSPS) is 10.3. The predicted octanol–water partition coefficient (Wildman–Crippen LogP) is 3.10. The molecule has 1 N–H and O–H groups in total. The van der Waals surface area contributed by atoms with Gasteiger partial charge in [-0.25, -0.2) is 0 Å². The van der Waals surface area contributed by atoms with E-state index < -0.39 is 0 Å². The molecule has 2 aromatic rings. The van der Waals surface area contributed by atoms with E-state index in [1.165, 1.54) is 12.5 Å². The molecule has 2 aromatic carbocycles. The van der Waals surface area contributed by atoms with Gasteiger partial charge < -0.3 is 15.0 Å². The summed E-state index contributed by atoms with van der Waals surface area (Å²) >= 11 is 0. The van der Waals surface area contributed by atoms with Gasteiger partial charge in [-0.3, -0.25) is 9.59 Å². The number of hydrogen-bond acceptors (Lipinski definition) is 3. The fourth-order valence-corrected chi connectivity index (χ4v) is 2.76. The lowest BCUT2D eigenvalue weighted by atomic mass is 10.1. The molecule has 0 saturated heterocycles. The molecule has 0 fully saturated rings. The molecule has 5 nitrogen and oxygen atoms in total. The number of carbonyl (C=O) groups excluding carboxylic acids is 2. The first-order valence-electron chi connectivity index (χ1n) is 9.18. The minimum absolute atomic E-state index is 0.0280. The second-order valence-corrected chi connectivity index (χ2v) is 6.63. The number of amides is 2. The van der Waals surface area contributed by atoms with Crippen LogP contribution in [0, 0.1) is 6.92 Å². The van der Waals surface area contributed by atoms with Gasteiger partial charge in [-0.15, -0.1) is 0 Å². The predicted molar refractivity (Wildman–Crippen MR) is 107 cm³/mol. The monoisotopic (exact) mass is 368 g/mol. The van der Waals surface area contributed by atoms with E-state index in [0.29, 0.717) is 26.1 Å². The van der Waals surface area contributed by atoms with Crippen LogP contribution in [-0.4, -0.2) is 36.9 Å². The molecule has 0 aliphatic heterocycles. The fraction of sp³-hybridized carbons (Fsp3) is 0.364. The number of benzene rings is 2. The molecule has 0 saturated carbocycles. The Morgan fingerprint density at radius 1 is 1.07 bits per heavy atom. The maximum absolute atomic E-state index is 12.1. The Morgan fingerprint density at radius 2 is 1.81 bits per heavy atom. The first kappa shape index (κ1) is 20.5. The van der Waals surface area contributed by atoms with E-state index >= 15 is 0 Å². The molecule has 0 aliphatic carbocycles. The highest BCUT2D eigenvalue weighted by molar-refractivity contribution is 5.78. The van der Waals surface area contributed by atoms with Gasteiger partial charge in [0, 0.05) is 33.0 Å². The highest BCUT2D eigenvalue weighted by Gasteiger charge is 2.12. The van der Waals surface area contributed by atoms with Gasteiger partial charge in [-0.2, -0.15) is 0 Å². The molecule has 2 amide bonds. The van der Waals surface area contributed by atoms with Crippen molar-refractivity contribution in [1.82, 2.24) is 10.2 Å². The third-order valence-electron chi connectivity index (χ3n) is 4.42. The van der Waals surface area contributed by atoms with Crippen LogP contribution in [0.1, 0.15) is 30.0 Å². The smallest absolute Gasteiger partial charge is 0.221 e. The van der Waals surface area contributed by atoms with Crippen LogP contribution in [0.15, 0.2) is 48.5 Å². The Kier molecular flexibility index (Phi) is 7.86. The summed E-state index contributed by atoms with van der Waals surface area (Å²) in [7, 11) is 1.64. The third kappa shape index (κ3) is 7.13. The van der Waals surface area contributed by atoms with Crippen molar-refractivity contribution in [1.29, 1.82) is 0 Å². The molecule has 0 spiro atoms. The van der Waals surface area contributed by atoms with Crippen LogP contribution in [-0.2, 0) is 22.6 Å². The number of methoxy groups -OCH3 is 1. The zero-order valence-corrected chi connectivity index (χ0v) is 16.3. The van der Waals surface area contributed by atoms with Crippen LogP contribution in [0.2, 0.25) is 0 Å². The van der Waals surface area contributed by atoms with Crippen molar-refractivity contribution in [3.8, 4) is 5.75 Å². The Balaban J connectivity index is 1.76. The molecule has 0 atom stereocenters. The molecule has 2 rings (SSSR count). The van der Waals surface area contributed by atoms with E-state index in [2.05, 4.69) is 5.32 Å². The van der Waals surface area contributed by atoms with Gasteiger partial charge >= 0.3 is 0 Å². The first-order chi connectivity index (χ1) is 13.0. The number of rotatable bonds is 9. The second kappa shape index (κ2) is 10.4. The summed E-state index contributed by atoms with van der Waals surface area (Å²) in [6.45, 7) is 5.06. The van der Waals surface area contributed by atoms with Gasteiger partial charge in [0.05, 0.1) is 7.11 Å². The average molecular weight is 368 g/mol. The van der Waals surface area contributed by atoms with Gasteiger partial charge in [0.25, 0.3) is 0 Å². The number of aryl methyl sites for hydroxylation is 1. The van der Waals surface area contributed by atoms with Gasteiger partial charge in [-0.1, -0.05) is 42.0 Å². The Bertz CT molecular complexity index is 756. The fourth-order valence-electron chi connectivity index (χ4n) is 2.76. The second-order valence-electron chi connectivity index (χ2n) is 6.63. The quantitative estimate of drug-likeness (QED) is 0.740. The Labute approximate surface area is 161 Å². The van der Waals surface area contributed by atoms with Crippen LogP contribution in [0.3, 0.4) is 0 Å². The molecular weight excluding hydrogens is 340 g/mol. The van der Waals surface area contributed by atoms with E-state index in [-0.39, 0.29) is 11.8 Å². The van der Waals surface area contributed by atoms with Gasteiger partial charge in [0.2, 0.25) is 11.8 Å². The SMILES string of the molecule is COc1cccc(CCNC(=O)CCN(Cc2ccc(C)cc2)C(C)=O)c1. The molecule has 0 radical (unpaired) electrons. The summed E-state index contributed by atoms with van der Waals surface area (Å²) in [4.78, 5) is 25.7. The van der Waals surface area contributed by atoms with E-state index in [0.717, 1.165) is 23.3 Å². The summed E-state index contributed by atoms with van der Waals surface area (Å²) in [6, 6.07) is 15.9. The van der Waals surface area contributed by atoms with Crippen molar-refractivity contribution in [2.75, 3.05) is 20.2 Å². The lowest BCUT2D eigenvalue weighted by Gasteiger charge is -2.21. The largest absolute Gasteiger partial charge is 0.497 e. The van der Waals surface area contributed by atoms with Crippen molar-refractivity contribution < 1.29 is 14.3 Å². The van der Waals surface area contributed by atoms with Crippen LogP contribution < -0.4 is 10.1 Å². The number of nitrogens with one attached hydrogen (secondary N) is 1. The van der Waals surface area contributed by atoms with Crippen molar-refractivity contribution in [2.45, 2.75) is 33.2 Å². The summed E-state index contributed by atoms with van der Waals surface area (Å²) in [6.07, 6.45) is 1.03. The number of nitrogens with zero attached hydrogens (tertiary/aromatic N) is 1. The lowest BCUT2D eigenvalue weighted by Crippen LogP contribution is -2.34. The van der Waals surface area contributed by atoms with Gasteiger partial charge in [-0.05, 0) is 36.6 Å². The maximum Gasteiger partial charge on any atom is 0.221 e. The number of hydrogen-bond donors (Lipinski definition) is 1. The molecule has 0 aromatic heterocycles. The summed E-state index contributed by atoms with van der Waals surface area (Å²) in [5.41, 5.74) is 3.36. The summed E-state index contributed by atoms with van der Waals surface area (Å²) in [5.74, 6) is 0.736. The zero-order valence-electron chi connectivity index (χ0n) is 16.3. The highest BCUT2D eigenvalue weighted by atomic mass is 16.5. The highest BCUT2D eigenvalue weighted by Crippen LogP contribution is 2.12.